The number of aromatic nitrogens is 1. The smallest absolute Gasteiger partial charge is 0.269 e. The number of nitrogens with one attached hydrogen (secondary N) is 2. The second-order valence-corrected chi connectivity index (χ2v) is 9.09. The average Bonchev–Trinajstić information content (AvgIpc) is 3.14. The molecule has 0 spiro atoms. The Balaban J connectivity index is 1.52. The summed E-state index contributed by atoms with van der Waals surface area (Å²) < 4.78 is 1.90. The maximum Gasteiger partial charge on any atom is 0.269 e. The van der Waals surface area contributed by atoms with Crippen LogP contribution in [0, 0.1) is 6.92 Å². The van der Waals surface area contributed by atoms with Crippen LogP contribution in [0.3, 0.4) is 0 Å². The number of nitrogens with zero attached hydrogens (tertiary/aromatic N) is 1. The van der Waals surface area contributed by atoms with Crippen LogP contribution in [-0.2, 0) is 0 Å². The van der Waals surface area contributed by atoms with Crippen molar-refractivity contribution < 1.29 is 4.79 Å². The molecule has 0 aliphatic heterocycles. The molecule has 0 bridgehead atoms. The number of halogens is 2. The molecule has 0 aliphatic carbocycles. The number of rotatable bonds is 2. The fourth-order valence-electron chi connectivity index (χ4n) is 2.56. The number of hydrogen-bond acceptors (Lipinski definition) is 5. The molecule has 1 amide bonds. The Kier molecular flexibility index (Phi) is 5.05. The molecule has 0 radical (unpaired) electrons. The van der Waals surface area contributed by atoms with Crippen LogP contribution in [-0.4, -0.2) is 16.0 Å². The highest BCUT2D eigenvalue weighted by Gasteiger charge is 2.18. The summed E-state index contributed by atoms with van der Waals surface area (Å²) in [6.07, 6.45) is 0. The third-order valence-corrected chi connectivity index (χ3v) is 6.82. The zero-order chi connectivity index (χ0) is 19.1. The summed E-state index contributed by atoms with van der Waals surface area (Å²) >= 11 is 20.3. The molecule has 2 heterocycles. The Morgan fingerprint density at radius 1 is 1.11 bits per heavy atom. The van der Waals surface area contributed by atoms with Crippen LogP contribution in [0.15, 0.2) is 36.4 Å². The van der Waals surface area contributed by atoms with E-state index in [2.05, 4.69) is 21.7 Å². The number of anilines is 1. The number of carbonyl (C=O) groups is 1. The van der Waals surface area contributed by atoms with Gasteiger partial charge in [-0.2, -0.15) is 0 Å². The number of thiophene rings is 1. The predicted molar refractivity (Wildman–Crippen MR) is 120 cm³/mol. The second-order valence-electron chi connectivity index (χ2n) is 5.78. The highest BCUT2D eigenvalue weighted by atomic mass is 35.5. The molecule has 2 aromatic carbocycles. The molecule has 0 fully saturated rings. The van der Waals surface area contributed by atoms with E-state index in [0.29, 0.717) is 20.1 Å². The van der Waals surface area contributed by atoms with Crippen LogP contribution < -0.4 is 10.6 Å². The van der Waals surface area contributed by atoms with Gasteiger partial charge in [0.2, 0.25) is 0 Å². The molecule has 4 aromatic rings. The van der Waals surface area contributed by atoms with Gasteiger partial charge in [0.25, 0.3) is 5.91 Å². The number of amides is 1. The molecule has 9 heteroatoms. The minimum Gasteiger partial charge on any atom is -0.308 e. The van der Waals surface area contributed by atoms with Gasteiger partial charge >= 0.3 is 0 Å². The van der Waals surface area contributed by atoms with Gasteiger partial charge in [0.15, 0.2) is 10.2 Å². The number of benzene rings is 2. The van der Waals surface area contributed by atoms with Crippen LogP contribution in [0.5, 0.6) is 0 Å². The first-order chi connectivity index (χ1) is 12.9. The molecule has 2 N–H and O–H groups in total. The Bertz CT molecular complexity index is 1220. The van der Waals surface area contributed by atoms with E-state index in [0.717, 1.165) is 25.9 Å². The van der Waals surface area contributed by atoms with Crippen LogP contribution in [0.2, 0.25) is 10.0 Å². The third kappa shape index (κ3) is 3.79. The van der Waals surface area contributed by atoms with Gasteiger partial charge in [0, 0.05) is 15.1 Å². The van der Waals surface area contributed by atoms with E-state index < -0.39 is 0 Å². The lowest BCUT2D eigenvalue weighted by molar-refractivity contribution is 0.0982. The number of fused-ring (bicyclic) bond motifs is 2. The lowest BCUT2D eigenvalue weighted by Crippen LogP contribution is -2.33. The van der Waals surface area contributed by atoms with Gasteiger partial charge in [0.1, 0.15) is 4.88 Å². The van der Waals surface area contributed by atoms with Gasteiger partial charge in [-0.15, -0.1) is 11.3 Å². The van der Waals surface area contributed by atoms with E-state index in [1.165, 1.54) is 22.7 Å². The Morgan fingerprint density at radius 2 is 1.93 bits per heavy atom. The van der Waals surface area contributed by atoms with Gasteiger partial charge in [-0.1, -0.05) is 46.7 Å². The fraction of sp³-hybridized carbons (Fsp3) is 0.0556. The normalized spacial score (nSPS) is 11.1. The number of carbonyl (C=O) groups excluding carboxylic acids is 1. The van der Waals surface area contributed by atoms with E-state index in [1.807, 2.05) is 19.1 Å². The molecular formula is C18H11Cl2N3OS3. The van der Waals surface area contributed by atoms with Crippen molar-refractivity contribution in [2.24, 2.45) is 0 Å². The highest BCUT2D eigenvalue weighted by Crippen LogP contribution is 2.36. The van der Waals surface area contributed by atoms with Gasteiger partial charge in [0.05, 0.1) is 15.2 Å². The molecule has 0 aliphatic rings. The predicted octanol–water partition coefficient (Wildman–Crippen LogP) is 6.25. The molecule has 2 aromatic heterocycles. The van der Waals surface area contributed by atoms with Crippen molar-refractivity contribution >= 4 is 94.5 Å². The van der Waals surface area contributed by atoms with Crippen molar-refractivity contribution in [3.05, 3.63) is 56.9 Å². The largest absolute Gasteiger partial charge is 0.308 e. The summed E-state index contributed by atoms with van der Waals surface area (Å²) in [6, 6.07) is 11.3. The first-order valence-corrected chi connectivity index (χ1v) is 10.6. The van der Waals surface area contributed by atoms with Crippen molar-refractivity contribution in [2.75, 3.05) is 5.32 Å². The van der Waals surface area contributed by atoms with Gasteiger partial charge < -0.3 is 5.32 Å². The SMILES string of the molecule is Cc1ccc2nc(NC(=S)NC(=O)c3sc4cc(Cl)ccc4c3Cl)sc2c1. The minimum absolute atomic E-state index is 0.169. The first-order valence-electron chi connectivity index (χ1n) is 7.78. The van der Waals surface area contributed by atoms with E-state index >= 15 is 0 Å². The molecular weight excluding hydrogens is 441 g/mol. The fourth-order valence-corrected chi connectivity index (χ4v) is 5.47. The molecule has 0 atom stereocenters. The van der Waals surface area contributed by atoms with Crippen LogP contribution >= 0.6 is 58.1 Å². The summed E-state index contributed by atoms with van der Waals surface area (Å²) in [5, 5.41) is 8.18. The Labute approximate surface area is 178 Å². The third-order valence-electron chi connectivity index (χ3n) is 3.79. The first kappa shape index (κ1) is 18.6. The Hall–Kier alpha value is -1.77. The summed E-state index contributed by atoms with van der Waals surface area (Å²) in [7, 11) is 0. The zero-order valence-electron chi connectivity index (χ0n) is 13.8. The molecule has 4 rings (SSSR count). The van der Waals surface area contributed by atoms with E-state index in [1.54, 1.807) is 18.2 Å². The molecule has 4 nitrogen and oxygen atoms in total. The number of thiocarbonyl (C=S) groups is 1. The maximum absolute atomic E-state index is 12.6. The average molecular weight is 452 g/mol. The van der Waals surface area contributed by atoms with Crippen molar-refractivity contribution in [1.82, 2.24) is 10.3 Å². The van der Waals surface area contributed by atoms with Crippen molar-refractivity contribution in [3.8, 4) is 0 Å². The summed E-state index contributed by atoms with van der Waals surface area (Å²) in [5.74, 6) is -0.369. The van der Waals surface area contributed by atoms with Crippen LogP contribution in [0.4, 0.5) is 5.13 Å². The number of thiazole rings is 1. The maximum atomic E-state index is 12.6. The van der Waals surface area contributed by atoms with Gasteiger partial charge in [-0.25, -0.2) is 4.98 Å². The van der Waals surface area contributed by atoms with Crippen LogP contribution in [0.1, 0.15) is 15.2 Å². The molecule has 0 saturated heterocycles. The minimum atomic E-state index is -0.369. The van der Waals surface area contributed by atoms with Crippen molar-refractivity contribution in [2.45, 2.75) is 6.92 Å². The zero-order valence-corrected chi connectivity index (χ0v) is 17.8. The summed E-state index contributed by atoms with van der Waals surface area (Å²) in [5.41, 5.74) is 2.04. The summed E-state index contributed by atoms with van der Waals surface area (Å²) in [4.78, 5) is 17.4. The van der Waals surface area contributed by atoms with Gasteiger partial charge in [-0.3, -0.25) is 10.1 Å². The van der Waals surface area contributed by atoms with E-state index in [-0.39, 0.29) is 11.0 Å². The lowest BCUT2D eigenvalue weighted by Gasteiger charge is -2.06. The molecule has 0 unspecified atom stereocenters. The van der Waals surface area contributed by atoms with E-state index in [9.17, 15) is 4.79 Å². The monoisotopic (exact) mass is 451 g/mol. The second kappa shape index (κ2) is 7.33. The van der Waals surface area contributed by atoms with Crippen molar-refractivity contribution in [1.29, 1.82) is 0 Å². The topological polar surface area (TPSA) is 54.0 Å². The lowest BCUT2D eigenvalue weighted by atomic mass is 10.2. The molecule has 27 heavy (non-hydrogen) atoms. The van der Waals surface area contributed by atoms with Gasteiger partial charge in [-0.05, 0) is 49.0 Å². The van der Waals surface area contributed by atoms with Crippen molar-refractivity contribution in [3.63, 3.8) is 0 Å². The number of aryl methyl sites for hydroxylation is 1. The summed E-state index contributed by atoms with van der Waals surface area (Å²) in [6.45, 7) is 2.03. The molecule has 136 valence electrons. The highest BCUT2D eigenvalue weighted by molar-refractivity contribution is 7.80. The van der Waals surface area contributed by atoms with Crippen LogP contribution in [0.25, 0.3) is 20.3 Å². The van der Waals surface area contributed by atoms with E-state index in [4.69, 9.17) is 35.4 Å². The molecule has 0 saturated carbocycles. The quantitative estimate of drug-likeness (QED) is 0.353. The Morgan fingerprint density at radius 3 is 2.74 bits per heavy atom. The number of hydrogen-bond donors (Lipinski definition) is 2. The standard InChI is InChI=1S/C18H11Cl2N3OS3/c1-8-2-5-11-13(6-8)27-18(21-11)23-17(25)22-16(24)15-14(20)10-4-3-9(19)7-12(10)26-15/h2-7H,1H3,(H2,21,22,23,24,25).